The number of methoxy groups -OCH3 is 1. The number of rotatable bonds is 4. The zero-order valence-corrected chi connectivity index (χ0v) is 10.9. The number of nitrogens with one attached hydrogen (secondary N) is 2. The number of hydrogen-bond acceptors (Lipinski definition) is 4. The fraction of sp³-hybridized carbons (Fsp3) is 0.0667. The summed E-state index contributed by atoms with van der Waals surface area (Å²) in [4.78, 5) is 23.5. The molecule has 2 rings (SSSR count). The van der Waals surface area contributed by atoms with Crippen molar-refractivity contribution >= 4 is 17.6 Å². The number of anilines is 1. The lowest BCUT2D eigenvalue weighted by molar-refractivity contribution is 0.0601. The smallest absolute Gasteiger partial charge is 0.340 e. The van der Waals surface area contributed by atoms with Crippen LogP contribution < -0.4 is 10.9 Å². The van der Waals surface area contributed by atoms with Crippen LogP contribution in [0.2, 0.25) is 0 Å². The van der Waals surface area contributed by atoms with Crippen molar-refractivity contribution in [2.24, 2.45) is 0 Å². The van der Waals surface area contributed by atoms with Crippen molar-refractivity contribution in [2.45, 2.75) is 0 Å². The molecule has 0 aromatic heterocycles. The lowest BCUT2D eigenvalue weighted by Gasteiger charge is -2.11. The van der Waals surface area contributed by atoms with E-state index in [1.54, 1.807) is 48.5 Å². The number of hydrogen-bond donors (Lipinski definition) is 2. The average Bonchev–Trinajstić information content (AvgIpc) is 2.53. The Balaban J connectivity index is 2.08. The van der Waals surface area contributed by atoms with E-state index in [9.17, 15) is 9.59 Å². The zero-order valence-electron chi connectivity index (χ0n) is 10.9. The lowest BCUT2D eigenvalue weighted by atomic mass is 10.2. The standard InChI is InChI=1S/C15H14N2O3/c1-20-15(19)12-9-5-6-10-13(12)16-17-14(18)11-7-3-2-4-8-11/h2-10,16H,1H3,(H,17,18). The number of ether oxygens (including phenoxy) is 1. The molecule has 0 saturated carbocycles. The van der Waals surface area contributed by atoms with Gasteiger partial charge in [-0.15, -0.1) is 0 Å². The third-order valence-corrected chi connectivity index (χ3v) is 2.68. The van der Waals surface area contributed by atoms with Crippen molar-refractivity contribution in [2.75, 3.05) is 12.5 Å². The number of para-hydroxylation sites is 1. The maximum Gasteiger partial charge on any atom is 0.340 e. The highest BCUT2D eigenvalue weighted by Crippen LogP contribution is 2.15. The first kappa shape index (κ1) is 13.6. The Morgan fingerprint density at radius 3 is 2.30 bits per heavy atom. The van der Waals surface area contributed by atoms with Crippen LogP contribution in [0.15, 0.2) is 54.6 Å². The number of carbonyl (C=O) groups excluding carboxylic acids is 2. The number of esters is 1. The maximum absolute atomic E-state index is 11.9. The van der Waals surface area contributed by atoms with Crippen LogP contribution in [0.3, 0.4) is 0 Å². The summed E-state index contributed by atoms with van der Waals surface area (Å²) in [6.45, 7) is 0. The minimum Gasteiger partial charge on any atom is -0.465 e. The Morgan fingerprint density at radius 1 is 0.950 bits per heavy atom. The quantitative estimate of drug-likeness (QED) is 0.660. The van der Waals surface area contributed by atoms with Gasteiger partial charge in [-0.2, -0.15) is 0 Å². The largest absolute Gasteiger partial charge is 0.465 e. The van der Waals surface area contributed by atoms with Gasteiger partial charge in [-0.1, -0.05) is 30.3 Å². The molecule has 0 aliphatic heterocycles. The number of hydrazine groups is 1. The Labute approximate surface area is 116 Å². The third kappa shape index (κ3) is 3.14. The normalized spacial score (nSPS) is 9.65. The first-order chi connectivity index (χ1) is 9.72. The molecule has 0 unspecified atom stereocenters. The second-order valence-corrected chi connectivity index (χ2v) is 3.98. The second kappa shape index (κ2) is 6.38. The van der Waals surface area contributed by atoms with Crippen molar-refractivity contribution in [1.29, 1.82) is 0 Å². The molecule has 2 aromatic carbocycles. The Morgan fingerprint density at radius 2 is 1.60 bits per heavy atom. The van der Waals surface area contributed by atoms with Gasteiger partial charge in [-0.05, 0) is 24.3 Å². The molecule has 0 spiro atoms. The summed E-state index contributed by atoms with van der Waals surface area (Å²) < 4.78 is 4.68. The summed E-state index contributed by atoms with van der Waals surface area (Å²) >= 11 is 0. The zero-order chi connectivity index (χ0) is 14.4. The lowest BCUT2D eigenvalue weighted by Crippen LogP contribution is -2.30. The van der Waals surface area contributed by atoms with Crippen molar-refractivity contribution < 1.29 is 14.3 Å². The summed E-state index contributed by atoms with van der Waals surface area (Å²) in [5.74, 6) is -0.757. The summed E-state index contributed by atoms with van der Waals surface area (Å²) in [6.07, 6.45) is 0. The van der Waals surface area contributed by atoms with Crippen LogP contribution in [0.4, 0.5) is 5.69 Å². The molecule has 0 aliphatic rings. The molecule has 0 fully saturated rings. The minimum atomic E-state index is -0.470. The highest BCUT2D eigenvalue weighted by molar-refractivity contribution is 5.98. The molecular formula is C15H14N2O3. The van der Waals surface area contributed by atoms with Gasteiger partial charge in [0.05, 0.1) is 18.4 Å². The Kier molecular flexibility index (Phi) is 4.34. The van der Waals surface area contributed by atoms with Gasteiger partial charge < -0.3 is 4.74 Å². The van der Waals surface area contributed by atoms with Crippen LogP contribution >= 0.6 is 0 Å². The number of carbonyl (C=O) groups is 2. The van der Waals surface area contributed by atoms with Crippen LogP contribution in [0.25, 0.3) is 0 Å². The van der Waals surface area contributed by atoms with Gasteiger partial charge in [0.1, 0.15) is 0 Å². The molecule has 5 nitrogen and oxygen atoms in total. The van der Waals surface area contributed by atoms with Gasteiger partial charge >= 0.3 is 5.97 Å². The molecule has 0 saturated heterocycles. The third-order valence-electron chi connectivity index (χ3n) is 2.68. The van der Waals surface area contributed by atoms with E-state index in [0.29, 0.717) is 16.8 Å². The summed E-state index contributed by atoms with van der Waals surface area (Å²) in [6, 6.07) is 15.5. The van der Waals surface area contributed by atoms with Gasteiger partial charge in [0.2, 0.25) is 0 Å². The molecule has 5 heteroatoms. The van der Waals surface area contributed by atoms with E-state index in [-0.39, 0.29) is 5.91 Å². The van der Waals surface area contributed by atoms with E-state index in [2.05, 4.69) is 15.6 Å². The summed E-state index contributed by atoms with van der Waals surface area (Å²) in [5, 5.41) is 0. The molecule has 0 heterocycles. The molecule has 1 amide bonds. The van der Waals surface area contributed by atoms with Crippen LogP contribution in [-0.4, -0.2) is 19.0 Å². The molecule has 2 N–H and O–H groups in total. The van der Waals surface area contributed by atoms with Gasteiger partial charge in [-0.25, -0.2) is 4.79 Å². The van der Waals surface area contributed by atoms with Gasteiger partial charge in [0.15, 0.2) is 0 Å². The Bertz CT molecular complexity index is 612. The molecule has 2 aromatic rings. The minimum absolute atomic E-state index is 0.287. The molecule has 0 atom stereocenters. The molecule has 20 heavy (non-hydrogen) atoms. The first-order valence-corrected chi connectivity index (χ1v) is 6.01. The van der Waals surface area contributed by atoms with Crippen molar-refractivity contribution in [1.82, 2.24) is 5.43 Å². The highest BCUT2D eigenvalue weighted by atomic mass is 16.5. The molecular weight excluding hydrogens is 256 g/mol. The SMILES string of the molecule is COC(=O)c1ccccc1NNC(=O)c1ccccc1. The maximum atomic E-state index is 11.9. The number of benzene rings is 2. The predicted octanol–water partition coefficient (Wildman–Crippen LogP) is 2.23. The van der Waals surface area contributed by atoms with Crippen LogP contribution in [-0.2, 0) is 4.74 Å². The van der Waals surface area contributed by atoms with Crippen LogP contribution in [0.1, 0.15) is 20.7 Å². The summed E-state index contributed by atoms with van der Waals surface area (Å²) in [7, 11) is 1.31. The van der Waals surface area contributed by atoms with E-state index < -0.39 is 5.97 Å². The Hall–Kier alpha value is -2.82. The van der Waals surface area contributed by atoms with E-state index in [1.165, 1.54) is 7.11 Å². The van der Waals surface area contributed by atoms with Crippen LogP contribution in [0, 0.1) is 0 Å². The van der Waals surface area contributed by atoms with Crippen LogP contribution in [0.5, 0.6) is 0 Å². The van der Waals surface area contributed by atoms with E-state index in [0.717, 1.165) is 0 Å². The van der Waals surface area contributed by atoms with Crippen molar-refractivity contribution in [3.8, 4) is 0 Å². The molecule has 0 radical (unpaired) electrons. The average molecular weight is 270 g/mol. The number of amides is 1. The second-order valence-electron chi connectivity index (χ2n) is 3.98. The summed E-state index contributed by atoms with van der Waals surface area (Å²) in [5.41, 5.74) is 6.61. The van der Waals surface area contributed by atoms with Crippen molar-refractivity contribution in [3.63, 3.8) is 0 Å². The van der Waals surface area contributed by atoms with Gasteiger partial charge in [0, 0.05) is 5.56 Å². The van der Waals surface area contributed by atoms with Crippen molar-refractivity contribution in [3.05, 3.63) is 65.7 Å². The molecule has 0 bridgehead atoms. The van der Waals surface area contributed by atoms with E-state index in [1.807, 2.05) is 6.07 Å². The fourth-order valence-electron chi connectivity index (χ4n) is 1.67. The van der Waals surface area contributed by atoms with Gasteiger partial charge in [0.25, 0.3) is 5.91 Å². The predicted molar refractivity (Wildman–Crippen MR) is 75.3 cm³/mol. The van der Waals surface area contributed by atoms with E-state index in [4.69, 9.17) is 0 Å². The topological polar surface area (TPSA) is 67.4 Å². The first-order valence-electron chi connectivity index (χ1n) is 6.01. The molecule has 0 aliphatic carbocycles. The highest BCUT2D eigenvalue weighted by Gasteiger charge is 2.11. The fourth-order valence-corrected chi connectivity index (χ4v) is 1.67. The van der Waals surface area contributed by atoms with E-state index >= 15 is 0 Å². The molecule has 102 valence electrons. The monoisotopic (exact) mass is 270 g/mol. The van der Waals surface area contributed by atoms with Gasteiger partial charge in [-0.3, -0.25) is 15.6 Å².